The van der Waals surface area contributed by atoms with Crippen molar-refractivity contribution in [1.29, 1.82) is 0 Å². The first kappa shape index (κ1) is 14.9. The Labute approximate surface area is 127 Å². The van der Waals surface area contributed by atoms with Gasteiger partial charge in [-0.05, 0) is 56.5 Å². The first-order valence-corrected chi connectivity index (χ1v) is 9.57. The van der Waals surface area contributed by atoms with E-state index in [9.17, 15) is 8.42 Å². The maximum absolute atomic E-state index is 11.8. The van der Waals surface area contributed by atoms with Crippen LogP contribution in [0.4, 0.5) is 5.69 Å². The molecule has 2 aliphatic rings. The van der Waals surface area contributed by atoms with Crippen LogP contribution in [-0.4, -0.2) is 44.2 Å². The Morgan fingerprint density at radius 1 is 1.19 bits per heavy atom. The molecule has 1 N–H and O–H groups in total. The molecule has 0 amide bonds. The lowest BCUT2D eigenvalue weighted by molar-refractivity contribution is 0.188. The van der Waals surface area contributed by atoms with Crippen LogP contribution < -0.4 is 5.32 Å². The summed E-state index contributed by atoms with van der Waals surface area (Å²) in [4.78, 5) is 3.02. The fourth-order valence-electron chi connectivity index (χ4n) is 3.52. The molecule has 0 radical (unpaired) electrons. The summed E-state index contributed by atoms with van der Waals surface area (Å²) in [6.07, 6.45) is 5.04. The molecule has 0 aromatic heterocycles. The Balaban J connectivity index is 1.63. The van der Waals surface area contributed by atoms with E-state index in [0.29, 0.717) is 10.9 Å². The van der Waals surface area contributed by atoms with Gasteiger partial charge < -0.3 is 10.2 Å². The molecule has 2 fully saturated rings. The molecule has 2 saturated heterocycles. The minimum Gasteiger partial charge on any atom is -0.382 e. The molecule has 4 nitrogen and oxygen atoms in total. The topological polar surface area (TPSA) is 49.4 Å². The zero-order valence-electron chi connectivity index (χ0n) is 12.6. The van der Waals surface area contributed by atoms with Crippen molar-refractivity contribution in [2.75, 3.05) is 24.2 Å². The first-order valence-electron chi connectivity index (χ1n) is 7.92. The minimum atomic E-state index is -3.09. The van der Waals surface area contributed by atoms with Gasteiger partial charge in [-0.2, -0.15) is 0 Å². The Hall–Kier alpha value is -1.07. The number of fused-ring (bicyclic) bond motifs is 1. The molecule has 0 spiro atoms. The van der Waals surface area contributed by atoms with E-state index >= 15 is 0 Å². The second-order valence-electron chi connectivity index (χ2n) is 6.13. The van der Waals surface area contributed by atoms with Gasteiger partial charge >= 0.3 is 0 Å². The van der Waals surface area contributed by atoms with Crippen LogP contribution in [0.25, 0.3) is 0 Å². The Kier molecular flexibility index (Phi) is 4.22. The third-order valence-electron chi connectivity index (χ3n) is 4.78. The van der Waals surface area contributed by atoms with Crippen molar-refractivity contribution < 1.29 is 8.42 Å². The van der Waals surface area contributed by atoms with E-state index in [0.717, 1.165) is 11.7 Å². The Bertz CT molecular complexity index is 583. The molecule has 0 aliphatic carbocycles. The summed E-state index contributed by atoms with van der Waals surface area (Å²) in [7, 11) is -3.09. The molecule has 1 aromatic carbocycles. The lowest BCUT2D eigenvalue weighted by atomic mass is 9.97. The number of nitrogens with zero attached hydrogens (tertiary/aromatic N) is 1. The van der Waals surface area contributed by atoms with Crippen LogP contribution in [-0.2, 0) is 9.84 Å². The first-order chi connectivity index (χ1) is 10.1. The van der Waals surface area contributed by atoms with Crippen LogP contribution in [0.5, 0.6) is 0 Å². The highest BCUT2D eigenvalue weighted by atomic mass is 32.2. The van der Waals surface area contributed by atoms with E-state index in [2.05, 4.69) is 10.2 Å². The normalized spacial score (nSPS) is 26.5. The maximum atomic E-state index is 11.8. The van der Waals surface area contributed by atoms with Crippen LogP contribution >= 0.6 is 0 Å². The van der Waals surface area contributed by atoms with Gasteiger partial charge in [0.2, 0.25) is 0 Å². The van der Waals surface area contributed by atoms with Crippen LogP contribution in [0.15, 0.2) is 29.2 Å². The third-order valence-corrected chi connectivity index (χ3v) is 6.54. The van der Waals surface area contributed by atoms with Crippen LogP contribution in [0.2, 0.25) is 0 Å². The SMILES string of the molecule is CCS(=O)(=O)c1ccc(NC2CCN3CCCC3C2)cc1. The predicted octanol–water partition coefficient (Wildman–Crippen LogP) is 2.52. The second-order valence-corrected chi connectivity index (χ2v) is 8.40. The summed E-state index contributed by atoms with van der Waals surface area (Å²) in [5.74, 6) is 0.153. The van der Waals surface area contributed by atoms with Gasteiger partial charge in [0, 0.05) is 24.3 Å². The van der Waals surface area contributed by atoms with E-state index in [1.54, 1.807) is 19.1 Å². The van der Waals surface area contributed by atoms with Gasteiger partial charge in [-0.3, -0.25) is 0 Å². The molecular weight excluding hydrogens is 284 g/mol. The van der Waals surface area contributed by atoms with E-state index in [1.165, 1.54) is 38.8 Å². The monoisotopic (exact) mass is 308 g/mol. The van der Waals surface area contributed by atoms with E-state index in [-0.39, 0.29) is 5.75 Å². The minimum absolute atomic E-state index is 0.153. The maximum Gasteiger partial charge on any atom is 0.178 e. The number of rotatable bonds is 4. The summed E-state index contributed by atoms with van der Waals surface area (Å²) >= 11 is 0. The second kappa shape index (κ2) is 5.97. The number of nitrogens with one attached hydrogen (secondary N) is 1. The van der Waals surface area contributed by atoms with Gasteiger partial charge in [0.1, 0.15) is 0 Å². The number of sulfone groups is 1. The van der Waals surface area contributed by atoms with Gasteiger partial charge in [0.05, 0.1) is 10.6 Å². The van der Waals surface area contributed by atoms with Gasteiger partial charge in [-0.1, -0.05) is 6.92 Å². The summed E-state index contributed by atoms with van der Waals surface area (Å²) in [5.41, 5.74) is 1.03. The van der Waals surface area contributed by atoms with Crippen LogP contribution in [0, 0.1) is 0 Å². The fourth-order valence-corrected chi connectivity index (χ4v) is 4.40. The van der Waals surface area contributed by atoms with Crippen molar-refractivity contribution in [2.24, 2.45) is 0 Å². The summed E-state index contributed by atoms with van der Waals surface area (Å²) in [6.45, 7) is 4.13. The van der Waals surface area contributed by atoms with E-state index < -0.39 is 9.84 Å². The molecule has 3 rings (SSSR count). The lowest BCUT2D eigenvalue weighted by Gasteiger charge is -2.35. The van der Waals surface area contributed by atoms with E-state index in [4.69, 9.17) is 0 Å². The molecule has 2 atom stereocenters. The standard InChI is InChI=1S/C16H24N2O2S/c1-2-21(19,20)16-7-5-13(6-8-16)17-14-9-11-18-10-3-4-15(18)12-14/h5-8,14-15,17H,2-4,9-12H2,1H3. The molecule has 5 heteroatoms. The fraction of sp³-hybridized carbons (Fsp3) is 0.625. The molecular formula is C16H24N2O2S. The molecule has 116 valence electrons. The Morgan fingerprint density at radius 2 is 1.95 bits per heavy atom. The Morgan fingerprint density at radius 3 is 2.67 bits per heavy atom. The molecule has 21 heavy (non-hydrogen) atoms. The molecule has 0 saturated carbocycles. The van der Waals surface area contributed by atoms with E-state index in [1.807, 2.05) is 12.1 Å². The van der Waals surface area contributed by atoms with Crippen molar-refractivity contribution in [3.05, 3.63) is 24.3 Å². The van der Waals surface area contributed by atoms with Crippen molar-refractivity contribution in [3.63, 3.8) is 0 Å². The summed E-state index contributed by atoms with van der Waals surface area (Å²) in [5, 5.41) is 3.57. The number of anilines is 1. The highest BCUT2D eigenvalue weighted by Crippen LogP contribution is 2.28. The van der Waals surface area contributed by atoms with Crippen molar-refractivity contribution in [2.45, 2.75) is 49.6 Å². The van der Waals surface area contributed by atoms with Gasteiger partial charge in [0.15, 0.2) is 9.84 Å². The molecule has 1 aromatic rings. The lowest BCUT2D eigenvalue weighted by Crippen LogP contribution is -2.42. The average Bonchev–Trinajstić information content (AvgIpc) is 2.95. The smallest absolute Gasteiger partial charge is 0.178 e. The number of hydrogen-bond donors (Lipinski definition) is 1. The van der Waals surface area contributed by atoms with Gasteiger partial charge in [-0.25, -0.2) is 8.42 Å². The number of hydrogen-bond acceptors (Lipinski definition) is 4. The highest BCUT2D eigenvalue weighted by molar-refractivity contribution is 7.91. The van der Waals surface area contributed by atoms with Crippen molar-refractivity contribution in [3.8, 4) is 0 Å². The predicted molar refractivity (Wildman–Crippen MR) is 85.4 cm³/mol. The van der Waals surface area contributed by atoms with Gasteiger partial charge in [0.25, 0.3) is 0 Å². The average molecular weight is 308 g/mol. The zero-order valence-corrected chi connectivity index (χ0v) is 13.4. The number of piperidine rings is 1. The molecule has 0 bridgehead atoms. The zero-order chi connectivity index (χ0) is 14.9. The molecule has 2 aliphatic heterocycles. The summed E-state index contributed by atoms with van der Waals surface area (Å²) in [6, 6.07) is 8.47. The van der Waals surface area contributed by atoms with Crippen molar-refractivity contribution >= 4 is 15.5 Å². The quantitative estimate of drug-likeness (QED) is 0.928. The molecule has 2 unspecified atom stereocenters. The van der Waals surface area contributed by atoms with Crippen LogP contribution in [0.3, 0.4) is 0 Å². The summed E-state index contributed by atoms with van der Waals surface area (Å²) < 4.78 is 23.6. The van der Waals surface area contributed by atoms with Gasteiger partial charge in [-0.15, -0.1) is 0 Å². The van der Waals surface area contributed by atoms with Crippen molar-refractivity contribution in [1.82, 2.24) is 4.90 Å². The van der Waals surface area contributed by atoms with Crippen LogP contribution in [0.1, 0.15) is 32.6 Å². The highest BCUT2D eigenvalue weighted by Gasteiger charge is 2.31. The molecule has 2 heterocycles. The largest absolute Gasteiger partial charge is 0.382 e. The number of benzene rings is 1. The third kappa shape index (κ3) is 3.24.